The molecule has 0 radical (unpaired) electrons. The molecule has 1 fully saturated rings. The quantitative estimate of drug-likeness (QED) is 0.591. The lowest BCUT2D eigenvalue weighted by Crippen LogP contribution is -2.40. The number of carbonyl (C=O) groups is 1. The molecule has 1 aliphatic rings. The van der Waals surface area contributed by atoms with Gasteiger partial charge < -0.3 is 10.1 Å². The third-order valence-corrected chi connectivity index (χ3v) is 5.87. The molecule has 0 unspecified atom stereocenters. The van der Waals surface area contributed by atoms with E-state index in [1.54, 1.807) is 0 Å². The van der Waals surface area contributed by atoms with E-state index in [0.29, 0.717) is 30.4 Å². The van der Waals surface area contributed by atoms with E-state index >= 15 is 0 Å². The number of amides is 1. The van der Waals surface area contributed by atoms with Crippen LogP contribution in [0.5, 0.6) is 5.75 Å². The number of piperidine rings is 1. The fourth-order valence-electron chi connectivity index (χ4n) is 4.07. The van der Waals surface area contributed by atoms with E-state index in [2.05, 4.69) is 55.3 Å². The predicted octanol–water partition coefficient (Wildman–Crippen LogP) is 5.56. The van der Waals surface area contributed by atoms with E-state index in [1.165, 1.54) is 30.4 Å². The highest BCUT2D eigenvalue weighted by Crippen LogP contribution is 2.26. The molecule has 1 N–H and O–H groups in total. The Morgan fingerprint density at radius 2 is 1.67 bits per heavy atom. The van der Waals surface area contributed by atoms with E-state index in [0.717, 1.165) is 19.5 Å². The van der Waals surface area contributed by atoms with E-state index in [1.807, 2.05) is 24.3 Å². The molecule has 3 rings (SSSR count). The maximum absolute atomic E-state index is 13.0. The van der Waals surface area contributed by atoms with Gasteiger partial charge in [0.25, 0.3) is 5.91 Å². The molecule has 0 bridgehead atoms. The van der Waals surface area contributed by atoms with E-state index < -0.39 is 0 Å². The van der Waals surface area contributed by atoms with E-state index in [-0.39, 0.29) is 11.9 Å². The fourth-order valence-corrected chi connectivity index (χ4v) is 4.07. The van der Waals surface area contributed by atoms with Gasteiger partial charge in [-0.15, -0.1) is 0 Å². The van der Waals surface area contributed by atoms with Gasteiger partial charge in [-0.25, -0.2) is 0 Å². The van der Waals surface area contributed by atoms with Gasteiger partial charge in [-0.05, 0) is 61.5 Å². The number of benzene rings is 2. The Balaban J connectivity index is 1.74. The van der Waals surface area contributed by atoms with Crippen molar-refractivity contribution in [3.63, 3.8) is 0 Å². The van der Waals surface area contributed by atoms with Crippen LogP contribution in [-0.4, -0.2) is 37.0 Å². The van der Waals surface area contributed by atoms with Gasteiger partial charge in [0.1, 0.15) is 5.75 Å². The van der Waals surface area contributed by atoms with Crippen molar-refractivity contribution in [1.82, 2.24) is 10.2 Å². The summed E-state index contributed by atoms with van der Waals surface area (Å²) >= 11 is 0. The van der Waals surface area contributed by atoms with E-state index in [9.17, 15) is 4.79 Å². The molecule has 1 heterocycles. The average Bonchev–Trinajstić information content (AvgIpc) is 2.79. The first kappa shape index (κ1) is 22.4. The SMILES string of the molecule is CCCOc1ccccc1C(=O)NC[C@@H](c1ccc(C(C)C)cc1)N1CCCCC1. The summed E-state index contributed by atoms with van der Waals surface area (Å²) in [4.78, 5) is 15.5. The topological polar surface area (TPSA) is 41.6 Å². The maximum Gasteiger partial charge on any atom is 0.255 e. The van der Waals surface area contributed by atoms with Crippen LogP contribution in [0.1, 0.15) is 79.9 Å². The molecule has 0 aromatic heterocycles. The van der Waals surface area contributed by atoms with Crippen molar-refractivity contribution in [2.45, 2.75) is 58.4 Å². The van der Waals surface area contributed by atoms with Gasteiger partial charge in [-0.2, -0.15) is 0 Å². The lowest BCUT2D eigenvalue weighted by molar-refractivity contribution is 0.0920. The van der Waals surface area contributed by atoms with Crippen LogP contribution < -0.4 is 10.1 Å². The van der Waals surface area contributed by atoms with Crippen LogP contribution in [0.3, 0.4) is 0 Å². The van der Waals surface area contributed by atoms with Gasteiger partial charge in [0, 0.05) is 6.54 Å². The number of nitrogens with one attached hydrogen (secondary N) is 1. The summed E-state index contributed by atoms with van der Waals surface area (Å²) in [6, 6.07) is 16.6. The molecule has 0 saturated carbocycles. The lowest BCUT2D eigenvalue weighted by atomic mass is 9.97. The summed E-state index contributed by atoms with van der Waals surface area (Å²) in [6.07, 6.45) is 4.66. The first-order valence-electron chi connectivity index (χ1n) is 11.4. The third kappa shape index (κ3) is 5.85. The Labute approximate surface area is 181 Å². The summed E-state index contributed by atoms with van der Waals surface area (Å²) < 4.78 is 5.78. The molecule has 1 aliphatic heterocycles. The number of likely N-dealkylation sites (tertiary alicyclic amines) is 1. The second-order valence-electron chi connectivity index (χ2n) is 8.49. The van der Waals surface area contributed by atoms with Crippen molar-refractivity contribution in [2.75, 3.05) is 26.2 Å². The third-order valence-electron chi connectivity index (χ3n) is 5.87. The first-order chi connectivity index (χ1) is 14.6. The van der Waals surface area contributed by atoms with Crippen molar-refractivity contribution in [1.29, 1.82) is 0 Å². The average molecular weight is 409 g/mol. The minimum Gasteiger partial charge on any atom is -0.493 e. The molecule has 1 saturated heterocycles. The molecule has 0 spiro atoms. The maximum atomic E-state index is 13.0. The van der Waals surface area contributed by atoms with Crippen molar-refractivity contribution in [3.05, 3.63) is 65.2 Å². The zero-order chi connectivity index (χ0) is 21.3. The van der Waals surface area contributed by atoms with Crippen LogP contribution in [0.25, 0.3) is 0 Å². The molecular weight excluding hydrogens is 372 g/mol. The zero-order valence-corrected chi connectivity index (χ0v) is 18.7. The Morgan fingerprint density at radius 3 is 2.33 bits per heavy atom. The molecule has 2 aromatic carbocycles. The Bertz CT molecular complexity index is 795. The van der Waals surface area contributed by atoms with Crippen molar-refractivity contribution in [3.8, 4) is 5.75 Å². The molecule has 162 valence electrons. The Hall–Kier alpha value is -2.33. The minimum atomic E-state index is -0.0671. The molecule has 2 aromatic rings. The molecule has 1 atom stereocenters. The monoisotopic (exact) mass is 408 g/mol. The number of ether oxygens (including phenoxy) is 1. The van der Waals surface area contributed by atoms with E-state index in [4.69, 9.17) is 4.74 Å². The normalized spacial score (nSPS) is 15.7. The summed E-state index contributed by atoms with van der Waals surface area (Å²) in [7, 11) is 0. The second kappa shape index (κ2) is 11.2. The van der Waals surface area contributed by atoms with Gasteiger partial charge >= 0.3 is 0 Å². The Morgan fingerprint density at radius 1 is 1.00 bits per heavy atom. The number of hydrogen-bond donors (Lipinski definition) is 1. The smallest absolute Gasteiger partial charge is 0.255 e. The van der Waals surface area contributed by atoms with Crippen LogP contribution >= 0.6 is 0 Å². The van der Waals surface area contributed by atoms with Gasteiger partial charge in [0.15, 0.2) is 0 Å². The number of carbonyl (C=O) groups excluding carboxylic acids is 1. The van der Waals surface area contributed by atoms with Crippen molar-refractivity contribution < 1.29 is 9.53 Å². The molecular formula is C26H36N2O2. The first-order valence-corrected chi connectivity index (χ1v) is 11.4. The van der Waals surface area contributed by atoms with Crippen LogP contribution in [0, 0.1) is 0 Å². The summed E-state index contributed by atoms with van der Waals surface area (Å²) in [5.41, 5.74) is 3.23. The van der Waals surface area contributed by atoms with Gasteiger partial charge in [-0.3, -0.25) is 9.69 Å². The molecule has 30 heavy (non-hydrogen) atoms. The summed E-state index contributed by atoms with van der Waals surface area (Å²) in [5, 5.41) is 3.19. The minimum absolute atomic E-state index is 0.0671. The summed E-state index contributed by atoms with van der Waals surface area (Å²) in [6.45, 7) is 9.89. The molecule has 0 aliphatic carbocycles. The Kier molecular flexibility index (Phi) is 8.32. The predicted molar refractivity (Wildman–Crippen MR) is 123 cm³/mol. The largest absolute Gasteiger partial charge is 0.493 e. The van der Waals surface area contributed by atoms with Crippen molar-refractivity contribution in [2.24, 2.45) is 0 Å². The highest BCUT2D eigenvalue weighted by atomic mass is 16.5. The second-order valence-corrected chi connectivity index (χ2v) is 8.49. The van der Waals surface area contributed by atoms with Gasteiger partial charge in [-0.1, -0.05) is 63.6 Å². The zero-order valence-electron chi connectivity index (χ0n) is 18.7. The van der Waals surface area contributed by atoms with Crippen molar-refractivity contribution >= 4 is 5.91 Å². The highest BCUT2D eigenvalue weighted by Gasteiger charge is 2.24. The summed E-state index contributed by atoms with van der Waals surface area (Å²) in [5.74, 6) is 1.11. The number of hydrogen-bond acceptors (Lipinski definition) is 3. The van der Waals surface area contributed by atoms with Gasteiger partial charge in [0.05, 0.1) is 18.2 Å². The van der Waals surface area contributed by atoms with Crippen LogP contribution in [0.15, 0.2) is 48.5 Å². The van der Waals surface area contributed by atoms with Gasteiger partial charge in [0.2, 0.25) is 0 Å². The lowest BCUT2D eigenvalue weighted by Gasteiger charge is -2.35. The molecule has 1 amide bonds. The highest BCUT2D eigenvalue weighted by molar-refractivity contribution is 5.96. The number of nitrogens with zero attached hydrogens (tertiary/aromatic N) is 1. The standard InChI is InChI=1S/C26H36N2O2/c1-4-18-30-25-11-7-6-10-23(25)26(29)27-19-24(28-16-8-5-9-17-28)22-14-12-21(13-15-22)20(2)3/h6-7,10-15,20,24H,4-5,8-9,16-19H2,1-3H3,(H,27,29)/t24-/m0/s1. The van der Waals surface area contributed by atoms with Crippen LogP contribution in [-0.2, 0) is 0 Å². The number of rotatable bonds is 9. The van der Waals surface area contributed by atoms with Crippen LogP contribution in [0.2, 0.25) is 0 Å². The molecule has 4 nitrogen and oxygen atoms in total. The van der Waals surface area contributed by atoms with Crippen LogP contribution in [0.4, 0.5) is 0 Å². The fraction of sp³-hybridized carbons (Fsp3) is 0.500. The molecule has 4 heteroatoms. The number of para-hydroxylation sites is 1.